The van der Waals surface area contributed by atoms with Crippen LogP contribution >= 0.6 is 0 Å². The minimum Gasteiger partial charge on any atom is -0.481 e. The molecule has 0 bridgehead atoms. The number of carboxylic acid groups (broad SMARTS) is 1. The number of aromatic nitrogens is 2. The molecule has 0 spiro atoms. The first-order valence-corrected chi connectivity index (χ1v) is 6.61. The zero-order chi connectivity index (χ0) is 14.5. The molecule has 2 rings (SSSR count). The van der Waals surface area contributed by atoms with Crippen molar-refractivity contribution in [2.75, 3.05) is 24.6 Å². The molecule has 0 radical (unpaired) electrons. The Kier molecular flexibility index (Phi) is 4.73. The molecular weight excluding hydrogens is 262 g/mol. The van der Waals surface area contributed by atoms with E-state index in [2.05, 4.69) is 9.97 Å². The fourth-order valence-electron chi connectivity index (χ4n) is 2.03. The normalized spacial score (nSPS) is 19.1. The SMILES string of the molecule is CC(C)Oc1cncc(N2CCOC(CC(=O)O)C2)n1. The van der Waals surface area contributed by atoms with Crippen LogP contribution in [0.25, 0.3) is 0 Å². The van der Waals surface area contributed by atoms with Crippen molar-refractivity contribution >= 4 is 11.8 Å². The molecular formula is C13H19N3O4. The molecule has 1 aliphatic rings. The molecule has 1 fully saturated rings. The first-order valence-electron chi connectivity index (χ1n) is 6.61. The summed E-state index contributed by atoms with van der Waals surface area (Å²) < 4.78 is 10.9. The number of carbonyl (C=O) groups is 1. The van der Waals surface area contributed by atoms with Gasteiger partial charge in [-0.2, -0.15) is 4.98 Å². The highest BCUT2D eigenvalue weighted by Crippen LogP contribution is 2.18. The molecule has 7 heteroatoms. The van der Waals surface area contributed by atoms with Gasteiger partial charge in [-0.3, -0.25) is 9.78 Å². The van der Waals surface area contributed by atoms with Gasteiger partial charge in [0.05, 0.1) is 37.6 Å². The molecule has 1 unspecified atom stereocenters. The number of hydrogen-bond acceptors (Lipinski definition) is 6. The molecule has 110 valence electrons. The number of rotatable bonds is 5. The fourth-order valence-corrected chi connectivity index (χ4v) is 2.03. The zero-order valence-electron chi connectivity index (χ0n) is 11.7. The van der Waals surface area contributed by atoms with Crippen LogP contribution in [0.4, 0.5) is 5.82 Å². The maximum Gasteiger partial charge on any atom is 0.306 e. The van der Waals surface area contributed by atoms with Gasteiger partial charge in [0, 0.05) is 13.1 Å². The van der Waals surface area contributed by atoms with Crippen molar-refractivity contribution < 1.29 is 19.4 Å². The van der Waals surface area contributed by atoms with Gasteiger partial charge in [0.1, 0.15) is 0 Å². The Morgan fingerprint density at radius 2 is 2.40 bits per heavy atom. The molecule has 0 aliphatic carbocycles. The van der Waals surface area contributed by atoms with Crippen LogP contribution in [0.5, 0.6) is 5.88 Å². The molecule has 1 N–H and O–H groups in total. The van der Waals surface area contributed by atoms with Gasteiger partial charge in [0.2, 0.25) is 5.88 Å². The zero-order valence-corrected chi connectivity index (χ0v) is 11.7. The molecule has 0 saturated carbocycles. The third kappa shape index (κ3) is 4.06. The summed E-state index contributed by atoms with van der Waals surface area (Å²) in [4.78, 5) is 21.2. The average molecular weight is 281 g/mol. The van der Waals surface area contributed by atoms with E-state index in [4.69, 9.17) is 14.6 Å². The molecule has 2 heterocycles. The number of ether oxygens (including phenoxy) is 2. The van der Waals surface area contributed by atoms with Gasteiger partial charge in [-0.1, -0.05) is 0 Å². The van der Waals surface area contributed by atoms with E-state index >= 15 is 0 Å². The topological polar surface area (TPSA) is 84.8 Å². The van der Waals surface area contributed by atoms with Crippen LogP contribution in [0, 0.1) is 0 Å². The van der Waals surface area contributed by atoms with E-state index in [0.29, 0.717) is 31.4 Å². The van der Waals surface area contributed by atoms with Crippen LogP contribution in [0.15, 0.2) is 12.4 Å². The van der Waals surface area contributed by atoms with Crippen molar-refractivity contribution in [1.82, 2.24) is 9.97 Å². The Bertz CT molecular complexity index is 467. The summed E-state index contributed by atoms with van der Waals surface area (Å²) in [5.74, 6) is 0.292. The second-order valence-electron chi connectivity index (χ2n) is 4.92. The lowest BCUT2D eigenvalue weighted by atomic mass is 10.2. The standard InChI is InChI=1S/C13H19N3O4/c1-9(2)20-12-7-14-6-11(15-12)16-3-4-19-10(8-16)5-13(17)18/h6-7,9-10H,3-5,8H2,1-2H3,(H,17,18). The lowest BCUT2D eigenvalue weighted by Gasteiger charge is -2.33. The number of aliphatic carboxylic acids is 1. The van der Waals surface area contributed by atoms with E-state index in [9.17, 15) is 4.79 Å². The van der Waals surface area contributed by atoms with Gasteiger partial charge in [-0.25, -0.2) is 0 Å². The van der Waals surface area contributed by atoms with Crippen molar-refractivity contribution in [3.8, 4) is 5.88 Å². The fraction of sp³-hybridized carbons (Fsp3) is 0.615. The summed E-state index contributed by atoms with van der Waals surface area (Å²) in [5.41, 5.74) is 0. The Labute approximate surface area is 117 Å². The Hall–Kier alpha value is -1.89. The lowest BCUT2D eigenvalue weighted by Crippen LogP contribution is -2.43. The highest BCUT2D eigenvalue weighted by atomic mass is 16.5. The van der Waals surface area contributed by atoms with Crippen molar-refractivity contribution in [2.45, 2.75) is 32.5 Å². The second kappa shape index (κ2) is 6.51. The summed E-state index contributed by atoms with van der Waals surface area (Å²) in [6.45, 7) is 5.48. The van der Waals surface area contributed by atoms with Crippen LogP contribution < -0.4 is 9.64 Å². The van der Waals surface area contributed by atoms with Gasteiger partial charge in [-0.15, -0.1) is 0 Å². The highest BCUT2D eigenvalue weighted by Gasteiger charge is 2.24. The number of anilines is 1. The number of nitrogens with zero attached hydrogens (tertiary/aromatic N) is 3. The first kappa shape index (κ1) is 14.5. The molecule has 1 atom stereocenters. The number of hydrogen-bond donors (Lipinski definition) is 1. The van der Waals surface area contributed by atoms with Crippen LogP contribution in [-0.4, -0.2) is 52.9 Å². The molecule has 0 aromatic carbocycles. The Morgan fingerprint density at radius 1 is 1.60 bits per heavy atom. The summed E-state index contributed by atoms with van der Waals surface area (Å²) in [7, 11) is 0. The number of carboxylic acids is 1. The maximum absolute atomic E-state index is 10.7. The molecule has 1 aromatic rings. The largest absolute Gasteiger partial charge is 0.481 e. The molecule has 1 saturated heterocycles. The summed E-state index contributed by atoms with van der Waals surface area (Å²) in [6.07, 6.45) is 2.92. The van der Waals surface area contributed by atoms with Crippen LogP contribution in [0.2, 0.25) is 0 Å². The van der Waals surface area contributed by atoms with E-state index in [0.717, 1.165) is 0 Å². The van der Waals surface area contributed by atoms with Gasteiger partial charge in [0.15, 0.2) is 5.82 Å². The van der Waals surface area contributed by atoms with Gasteiger partial charge < -0.3 is 19.5 Å². The van der Waals surface area contributed by atoms with Crippen molar-refractivity contribution in [3.63, 3.8) is 0 Å². The van der Waals surface area contributed by atoms with E-state index in [-0.39, 0.29) is 18.6 Å². The Morgan fingerprint density at radius 3 is 3.10 bits per heavy atom. The van der Waals surface area contributed by atoms with Crippen LogP contribution in [0.3, 0.4) is 0 Å². The Balaban J connectivity index is 2.04. The third-order valence-corrected chi connectivity index (χ3v) is 2.82. The second-order valence-corrected chi connectivity index (χ2v) is 4.92. The summed E-state index contributed by atoms with van der Waals surface area (Å²) >= 11 is 0. The van der Waals surface area contributed by atoms with Crippen LogP contribution in [0.1, 0.15) is 20.3 Å². The predicted octanol–water partition coefficient (Wildman–Crippen LogP) is 0.944. The molecule has 1 aliphatic heterocycles. The molecule has 7 nitrogen and oxygen atoms in total. The summed E-state index contributed by atoms with van der Waals surface area (Å²) in [5, 5.41) is 8.82. The minimum absolute atomic E-state index is 0.00782. The van der Waals surface area contributed by atoms with E-state index in [1.54, 1.807) is 12.4 Å². The highest BCUT2D eigenvalue weighted by molar-refractivity contribution is 5.67. The van der Waals surface area contributed by atoms with Crippen molar-refractivity contribution in [3.05, 3.63) is 12.4 Å². The van der Waals surface area contributed by atoms with Crippen molar-refractivity contribution in [1.29, 1.82) is 0 Å². The third-order valence-electron chi connectivity index (χ3n) is 2.82. The molecule has 20 heavy (non-hydrogen) atoms. The molecule has 0 amide bonds. The average Bonchev–Trinajstić information content (AvgIpc) is 2.38. The van der Waals surface area contributed by atoms with E-state index in [1.165, 1.54) is 0 Å². The first-order chi connectivity index (χ1) is 9.54. The van der Waals surface area contributed by atoms with E-state index < -0.39 is 5.97 Å². The number of morpholine rings is 1. The smallest absolute Gasteiger partial charge is 0.306 e. The predicted molar refractivity (Wildman–Crippen MR) is 72.0 cm³/mol. The van der Waals surface area contributed by atoms with Gasteiger partial charge >= 0.3 is 5.97 Å². The van der Waals surface area contributed by atoms with Crippen LogP contribution in [-0.2, 0) is 9.53 Å². The monoisotopic (exact) mass is 281 g/mol. The van der Waals surface area contributed by atoms with Gasteiger partial charge in [0.25, 0.3) is 0 Å². The quantitative estimate of drug-likeness (QED) is 0.859. The van der Waals surface area contributed by atoms with Gasteiger partial charge in [-0.05, 0) is 13.8 Å². The maximum atomic E-state index is 10.7. The lowest BCUT2D eigenvalue weighted by molar-refractivity contribution is -0.140. The van der Waals surface area contributed by atoms with Crippen molar-refractivity contribution in [2.24, 2.45) is 0 Å². The summed E-state index contributed by atoms with van der Waals surface area (Å²) in [6, 6.07) is 0. The molecule has 1 aromatic heterocycles. The minimum atomic E-state index is -0.861. The van der Waals surface area contributed by atoms with E-state index in [1.807, 2.05) is 18.7 Å².